The van der Waals surface area contributed by atoms with E-state index in [0.717, 1.165) is 5.56 Å². The van der Waals surface area contributed by atoms with Crippen LogP contribution in [-0.4, -0.2) is 14.7 Å². The van der Waals surface area contributed by atoms with Crippen molar-refractivity contribution in [1.82, 2.24) is 5.32 Å². The summed E-state index contributed by atoms with van der Waals surface area (Å²) in [6.45, 7) is 1.80. The molecule has 1 aromatic rings. The molecule has 1 atom stereocenters. The molecule has 1 unspecified atom stereocenters. The smallest absolute Gasteiger partial charge is 0.217 e. The van der Waals surface area contributed by atoms with Crippen molar-refractivity contribution in [3.05, 3.63) is 29.8 Å². The topological polar surface area (TPSA) is 66.4 Å². The van der Waals surface area contributed by atoms with Gasteiger partial charge in [-0.15, -0.1) is 0 Å². The van der Waals surface area contributed by atoms with Crippen LogP contribution in [0, 0.1) is 0 Å². The molecule has 1 rings (SSSR count). The van der Waals surface area contributed by atoms with Gasteiger partial charge in [-0.25, -0.2) is 4.21 Å². The van der Waals surface area contributed by atoms with Crippen LogP contribution in [0.5, 0.6) is 0 Å². The first-order valence-electron chi connectivity index (χ1n) is 4.04. The Kier molecular flexibility index (Phi) is 3.79. The highest BCUT2D eigenvalue weighted by atomic mass is 32.2. The zero-order valence-corrected chi connectivity index (χ0v) is 8.50. The first kappa shape index (κ1) is 10.9. The maximum Gasteiger partial charge on any atom is 0.217 e. The van der Waals surface area contributed by atoms with Crippen LogP contribution in [0.25, 0.3) is 0 Å². The van der Waals surface area contributed by atoms with Crippen LogP contribution in [0.4, 0.5) is 0 Å². The Morgan fingerprint density at radius 2 is 2.29 bits per heavy atom. The standard InChI is InChI=1S/C9H11NO3S/c1-7(11)10-6-8-3-2-4-9(5-8)14(12)13/h2-5H,6H2,1H3,(H,10,11)(H,12,13). The fourth-order valence-electron chi connectivity index (χ4n) is 0.991. The Balaban J connectivity index is 2.73. The van der Waals surface area contributed by atoms with Crippen LogP contribution >= 0.6 is 0 Å². The van der Waals surface area contributed by atoms with Gasteiger partial charge in [0.05, 0.1) is 4.90 Å². The normalized spacial score (nSPS) is 12.1. The third-order valence-corrected chi connectivity index (χ3v) is 2.30. The molecule has 0 saturated carbocycles. The second kappa shape index (κ2) is 4.88. The highest BCUT2D eigenvalue weighted by Crippen LogP contribution is 2.07. The van der Waals surface area contributed by atoms with E-state index in [0.29, 0.717) is 11.4 Å². The lowest BCUT2D eigenvalue weighted by atomic mass is 10.2. The summed E-state index contributed by atoms with van der Waals surface area (Å²) in [5.74, 6) is -0.125. The minimum Gasteiger partial charge on any atom is -0.352 e. The molecule has 76 valence electrons. The molecule has 0 aliphatic heterocycles. The molecule has 0 aliphatic rings. The van der Waals surface area contributed by atoms with Gasteiger partial charge >= 0.3 is 0 Å². The van der Waals surface area contributed by atoms with Crippen molar-refractivity contribution in [1.29, 1.82) is 0 Å². The summed E-state index contributed by atoms with van der Waals surface area (Å²) < 4.78 is 19.5. The average Bonchev–Trinajstić information content (AvgIpc) is 2.15. The van der Waals surface area contributed by atoms with Crippen molar-refractivity contribution in [2.75, 3.05) is 0 Å². The first-order valence-corrected chi connectivity index (χ1v) is 5.14. The lowest BCUT2D eigenvalue weighted by Crippen LogP contribution is -2.18. The molecule has 5 heteroatoms. The van der Waals surface area contributed by atoms with E-state index >= 15 is 0 Å². The predicted octanol–water partition coefficient (Wildman–Crippen LogP) is 0.903. The lowest BCUT2D eigenvalue weighted by molar-refractivity contribution is -0.119. The van der Waals surface area contributed by atoms with Crippen molar-refractivity contribution < 1.29 is 13.6 Å². The third kappa shape index (κ3) is 3.27. The summed E-state index contributed by atoms with van der Waals surface area (Å²) >= 11 is -1.97. The number of hydrogen-bond acceptors (Lipinski definition) is 2. The highest BCUT2D eigenvalue weighted by molar-refractivity contribution is 7.79. The fourth-order valence-corrected chi connectivity index (χ4v) is 1.44. The second-order valence-electron chi connectivity index (χ2n) is 2.81. The Morgan fingerprint density at radius 3 is 2.86 bits per heavy atom. The van der Waals surface area contributed by atoms with E-state index in [1.165, 1.54) is 6.92 Å². The van der Waals surface area contributed by atoms with Crippen LogP contribution in [0.15, 0.2) is 29.2 Å². The van der Waals surface area contributed by atoms with Crippen LogP contribution in [0.1, 0.15) is 12.5 Å². The summed E-state index contributed by atoms with van der Waals surface area (Å²) in [5, 5.41) is 2.61. The Bertz CT molecular complexity index is 365. The third-order valence-electron chi connectivity index (χ3n) is 1.64. The number of carbonyl (C=O) groups is 1. The molecule has 0 heterocycles. The molecule has 0 saturated heterocycles. The van der Waals surface area contributed by atoms with Crippen molar-refractivity contribution in [2.45, 2.75) is 18.4 Å². The van der Waals surface area contributed by atoms with Gasteiger partial charge in [0, 0.05) is 13.5 Å². The summed E-state index contributed by atoms with van der Waals surface area (Å²) in [4.78, 5) is 11.0. The monoisotopic (exact) mass is 213 g/mol. The van der Waals surface area contributed by atoms with Gasteiger partial charge in [0.25, 0.3) is 0 Å². The van der Waals surface area contributed by atoms with E-state index in [9.17, 15) is 9.00 Å². The Morgan fingerprint density at radius 1 is 1.57 bits per heavy atom. The summed E-state index contributed by atoms with van der Waals surface area (Å²) in [5.41, 5.74) is 0.806. The minimum atomic E-state index is -1.97. The van der Waals surface area contributed by atoms with E-state index in [4.69, 9.17) is 4.55 Å². The number of rotatable bonds is 3. The molecule has 0 bridgehead atoms. The summed E-state index contributed by atoms with van der Waals surface area (Å²) in [6, 6.07) is 6.62. The van der Waals surface area contributed by atoms with Gasteiger partial charge in [-0.2, -0.15) is 0 Å². The number of amides is 1. The van der Waals surface area contributed by atoms with E-state index in [2.05, 4.69) is 5.32 Å². The lowest BCUT2D eigenvalue weighted by Gasteiger charge is -2.03. The summed E-state index contributed by atoms with van der Waals surface area (Å²) in [7, 11) is 0. The van der Waals surface area contributed by atoms with Crippen LogP contribution < -0.4 is 5.32 Å². The average molecular weight is 213 g/mol. The number of benzene rings is 1. The van der Waals surface area contributed by atoms with Crippen LogP contribution in [0.2, 0.25) is 0 Å². The van der Waals surface area contributed by atoms with Crippen LogP contribution in [-0.2, 0) is 22.4 Å². The number of nitrogens with one attached hydrogen (secondary N) is 1. The zero-order chi connectivity index (χ0) is 10.6. The Hall–Kier alpha value is -1.20. The fraction of sp³-hybridized carbons (Fsp3) is 0.222. The molecular formula is C9H11NO3S. The minimum absolute atomic E-state index is 0.125. The maximum absolute atomic E-state index is 10.7. The maximum atomic E-state index is 10.7. The molecule has 0 fully saturated rings. The zero-order valence-electron chi connectivity index (χ0n) is 7.69. The molecule has 1 amide bonds. The number of hydrogen-bond donors (Lipinski definition) is 2. The SMILES string of the molecule is CC(=O)NCc1cccc(S(=O)O)c1. The van der Waals surface area contributed by atoms with Crippen molar-refractivity contribution >= 4 is 17.0 Å². The Labute approximate surface area is 84.6 Å². The van der Waals surface area contributed by atoms with Gasteiger partial charge in [0.2, 0.25) is 5.91 Å². The number of carbonyl (C=O) groups excluding carboxylic acids is 1. The van der Waals surface area contributed by atoms with Gasteiger partial charge in [-0.3, -0.25) is 4.79 Å². The van der Waals surface area contributed by atoms with Crippen molar-refractivity contribution in [3.63, 3.8) is 0 Å². The second-order valence-corrected chi connectivity index (χ2v) is 3.78. The molecule has 4 nitrogen and oxygen atoms in total. The predicted molar refractivity (Wildman–Crippen MR) is 53.0 cm³/mol. The van der Waals surface area contributed by atoms with Gasteiger partial charge in [-0.05, 0) is 17.7 Å². The molecule has 2 N–H and O–H groups in total. The van der Waals surface area contributed by atoms with Gasteiger partial charge in [0.15, 0.2) is 11.1 Å². The molecule has 0 aliphatic carbocycles. The van der Waals surface area contributed by atoms with E-state index in [-0.39, 0.29) is 5.91 Å². The molecule has 0 aromatic heterocycles. The van der Waals surface area contributed by atoms with Gasteiger partial charge in [0.1, 0.15) is 0 Å². The van der Waals surface area contributed by atoms with Crippen molar-refractivity contribution in [3.8, 4) is 0 Å². The molecular weight excluding hydrogens is 202 g/mol. The van der Waals surface area contributed by atoms with E-state index < -0.39 is 11.1 Å². The highest BCUT2D eigenvalue weighted by Gasteiger charge is 2.01. The molecule has 0 spiro atoms. The molecule has 14 heavy (non-hydrogen) atoms. The van der Waals surface area contributed by atoms with Gasteiger partial charge in [-0.1, -0.05) is 12.1 Å². The summed E-state index contributed by atoms with van der Waals surface area (Å²) in [6.07, 6.45) is 0. The van der Waals surface area contributed by atoms with Gasteiger partial charge < -0.3 is 9.87 Å². The largest absolute Gasteiger partial charge is 0.352 e. The molecule has 1 aromatic carbocycles. The first-order chi connectivity index (χ1) is 6.59. The quantitative estimate of drug-likeness (QED) is 0.733. The van der Waals surface area contributed by atoms with E-state index in [1.54, 1.807) is 24.3 Å². The van der Waals surface area contributed by atoms with E-state index in [1.807, 2.05) is 0 Å². The molecule has 0 radical (unpaired) electrons. The van der Waals surface area contributed by atoms with Crippen molar-refractivity contribution in [2.24, 2.45) is 0 Å². The van der Waals surface area contributed by atoms with Crippen LogP contribution in [0.3, 0.4) is 0 Å².